The van der Waals surface area contributed by atoms with Crippen LogP contribution >= 0.6 is 0 Å². The van der Waals surface area contributed by atoms with Crippen LogP contribution in [0.25, 0.3) is 16.7 Å². The predicted molar refractivity (Wildman–Crippen MR) is 108 cm³/mol. The first-order valence-corrected chi connectivity index (χ1v) is 9.13. The molecule has 0 heterocycles. The van der Waals surface area contributed by atoms with Gasteiger partial charge in [0.05, 0.1) is 11.1 Å². The summed E-state index contributed by atoms with van der Waals surface area (Å²) in [4.78, 5) is 12.2. The van der Waals surface area contributed by atoms with Crippen molar-refractivity contribution < 1.29 is 15.0 Å². The number of unbranched alkanes of at least 4 members (excludes halogenated alkanes) is 2. The molecule has 0 aliphatic carbocycles. The van der Waals surface area contributed by atoms with Crippen LogP contribution in [0.15, 0.2) is 30.8 Å². The number of allylic oxidation sites excluding steroid dienone is 1. The van der Waals surface area contributed by atoms with E-state index in [-0.39, 0.29) is 17.3 Å². The highest BCUT2D eigenvalue weighted by molar-refractivity contribution is 6.02. The van der Waals surface area contributed by atoms with E-state index in [4.69, 9.17) is 0 Å². The van der Waals surface area contributed by atoms with Gasteiger partial charge < -0.3 is 10.2 Å². The molecule has 0 saturated carbocycles. The third kappa shape index (κ3) is 3.98. The molecule has 3 heteroatoms. The number of benzene rings is 2. The van der Waals surface area contributed by atoms with Gasteiger partial charge in [0.1, 0.15) is 11.5 Å². The summed E-state index contributed by atoms with van der Waals surface area (Å²) < 4.78 is 0. The van der Waals surface area contributed by atoms with Gasteiger partial charge in [0.25, 0.3) is 0 Å². The molecule has 0 radical (unpaired) electrons. The number of hydrogen-bond donors (Lipinski definition) is 2. The van der Waals surface area contributed by atoms with Gasteiger partial charge in [0.15, 0.2) is 5.78 Å². The Labute approximate surface area is 156 Å². The van der Waals surface area contributed by atoms with Crippen molar-refractivity contribution in [2.24, 2.45) is 0 Å². The lowest BCUT2D eigenvalue weighted by Gasteiger charge is -2.18. The Kier molecular flexibility index (Phi) is 6.25. The van der Waals surface area contributed by atoms with E-state index in [1.54, 1.807) is 6.07 Å². The minimum Gasteiger partial charge on any atom is -0.507 e. The topological polar surface area (TPSA) is 57.5 Å². The Morgan fingerprint density at radius 1 is 1.12 bits per heavy atom. The third-order valence-electron chi connectivity index (χ3n) is 4.67. The van der Waals surface area contributed by atoms with Gasteiger partial charge in [0, 0.05) is 0 Å². The summed E-state index contributed by atoms with van der Waals surface area (Å²) in [5.41, 5.74) is 4.67. The van der Waals surface area contributed by atoms with E-state index in [1.807, 2.05) is 32.0 Å². The second-order valence-electron chi connectivity index (χ2n) is 7.00. The summed E-state index contributed by atoms with van der Waals surface area (Å²) in [7, 11) is 0. The summed E-state index contributed by atoms with van der Waals surface area (Å²) in [6.45, 7) is 11.4. The molecule has 0 saturated heterocycles. The highest BCUT2D eigenvalue weighted by Gasteiger charge is 2.23. The molecular formula is C23H28O3. The third-order valence-corrected chi connectivity index (χ3v) is 4.67. The molecule has 2 aromatic rings. The Morgan fingerprint density at radius 2 is 1.81 bits per heavy atom. The first-order chi connectivity index (χ1) is 12.3. The number of phenols is 2. The van der Waals surface area contributed by atoms with Crippen molar-refractivity contribution >= 4 is 11.4 Å². The Bertz CT molecular complexity index is 847. The van der Waals surface area contributed by atoms with Crippen molar-refractivity contribution in [2.45, 2.75) is 53.4 Å². The van der Waals surface area contributed by atoms with Crippen molar-refractivity contribution in [3.05, 3.63) is 53.1 Å². The van der Waals surface area contributed by atoms with E-state index in [2.05, 4.69) is 13.5 Å². The second kappa shape index (κ2) is 8.22. The molecule has 0 atom stereocenters. The molecule has 0 fully saturated rings. The minimum absolute atomic E-state index is 0.00732. The van der Waals surface area contributed by atoms with Crippen molar-refractivity contribution in [1.29, 1.82) is 0 Å². The minimum atomic E-state index is -0.195. The molecule has 2 N–H and O–H groups in total. The van der Waals surface area contributed by atoms with Crippen LogP contribution in [0.2, 0.25) is 0 Å². The summed E-state index contributed by atoms with van der Waals surface area (Å²) in [5, 5.41) is 21.6. The van der Waals surface area contributed by atoms with Crippen molar-refractivity contribution in [3.63, 3.8) is 0 Å². The fourth-order valence-corrected chi connectivity index (χ4v) is 3.37. The maximum Gasteiger partial charge on any atom is 0.163 e. The molecule has 0 aromatic heterocycles. The summed E-state index contributed by atoms with van der Waals surface area (Å²) in [5.74, 6) is -0.344. The lowest BCUT2D eigenvalue weighted by Crippen LogP contribution is -2.03. The van der Waals surface area contributed by atoms with Gasteiger partial charge in [-0.1, -0.05) is 55.7 Å². The largest absolute Gasteiger partial charge is 0.507 e. The number of carbonyl (C=O) groups excluding carboxylic acids is 1. The molecular weight excluding hydrogens is 324 g/mol. The van der Waals surface area contributed by atoms with Crippen molar-refractivity contribution in [2.75, 3.05) is 0 Å². The normalized spacial score (nSPS) is 10.8. The number of aromatic hydroxyl groups is 2. The molecule has 138 valence electrons. The fourth-order valence-electron chi connectivity index (χ4n) is 3.37. The van der Waals surface area contributed by atoms with E-state index in [0.717, 1.165) is 36.0 Å². The maximum atomic E-state index is 12.2. The van der Waals surface area contributed by atoms with Crippen LogP contribution in [0.3, 0.4) is 0 Å². The lowest BCUT2D eigenvalue weighted by molar-refractivity contribution is 0.101. The van der Waals surface area contributed by atoms with Crippen LogP contribution in [-0.4, -0.2) is 16.0 Å². The van der Waals surface area contributed by atoms with E-state index in [0.29, 0.717) is 28.7 Å². The van der Waals surface area contributed by atoms with Gasteiger partial charge in [-0.2, -0.15) is 0 Å². The van der Waals surface area contributed by atoms with Crippen LogP contribution < -0.4 is 0 Å². The molecule has 0 spiro atoms. The Balaban J connectivity index is 2.72. The van der Waals surface area contributed by atoms with Crippen LogP contribution in [0.4, 0.5) is 0 Å². The van der Waals surface area contributed by atoms with E-state index in [1.165, 1.54) is 6.92 Å². The van der Waals surface area contributed by atoms with Gasteiger partial charge in [0.2, 0.25) is 0 Å². The molecule has 3 nitrogen and oxygen atoms in total. The monoisotopic (exact) mass is 352 g/mol. The summed E-state index contributed by atoms with van der Waals surface area (Å²) in [6, 6.07) is 7.42. The smallest absolute Gasteiger partial charge is 0.163 e. The Morgan fingerprint density at radius 3 is 2.38 bits per heavy atom. The predicted octanol–water partition coefficient (Wildman–Crippen LogP) is 6.04. The number of ketones is 1. The number of carbonyl (C=O) groups is 1. The quantitative estimate of drug-likeness (QED) is 0.471. The zero-order valence-electron chi connectivity index (χ0n) is 16.1. The molecule has 0 unspecified atom stereocenters. The van der Waals surface area contributed by atoms with Crippen LogP contribution in [0.1, 0.15) is 67.1 Å². The number of phenolic OH excluding ortho intramolecular Hbond substituents is 2. The number of rotatable bonds is 7. The first-order valence-electron chi connectivity index (χ1n) is 9.13. The molecule has 26 heavy (non-hydrogen) atoms. The van der Waals surface area contributed by atoms with E-state index >= 15 is 0 Å². The fraction of sp³-hybridized carbons (Fsp3) is 0.348. The number of Topliss-reactive ketones (excluding diaryl/α,β-unsaturated/α-hetero) is 1. The summed E-state index contributed by atoms with van der Waals surface area (Å²) in [6.07, 6.45) is 3.68. The standard InChI is InChI=1S/C23H28O3/c1-6-7-8-9-17-13-20(25)22(23(26)21(17)16(5)24)19-12-15(4)10-11-18(19)14(2)3/h10-13,25-26H,2,6-9H2,1,3-5H3. The molecule has 0 aliphatic heterocycles. The average molecular weight is 352 g/mol. The zero-order chi connectivity index (χ0) is 19.4. The van der Waals surface area contributed by atoms with E-state index < -0.39 is 0 Å². The first kappa shape index (κ1) is 19.8. The lowest BCUT2D eigenvalue weighted by atomic mass is 9.88. The number of aryl methyl sites for hydroxylation is 2. The van der Waals surface area contributed by atoms with Gasteiger partial charge in [-0.15, -0.1) is 0 Å². The molecule has 2 rings (SSSR count). The second-order valence-corrected chi connectivity index (χ2v) is 7.00. The molecule has 0 bridgehead atoms. The van der Waals surface area contributed by atoms with Crippen LogP contribution in [0.5, 0.6) is 11.5 Å². The zero-order valence-corrected chi connectivity index (χ0v) is 16.1. The average Bonchev–Trinajstić information content (AvgIpc) is 2.54. The molecule has 2 aromatic carbocycles. The molecule has 0 aliphatic rings. The maximum absolute atomic E-state index is 12.2. The number of hydrogen-bond acceptors (Lipinski definition) is 3. The van der Waals surface area contributed by atoms with E-state index in [9.17, 15) is 15.0 Å². The van der Waals surface area contributed by atoms with Crippen LogP contribution in [-0.2, 0) is 6.42 Å². The van der Waals surface area contributed by atoms with Gasteiger partial charge in [-0.3, -0.25) is 4.79 Å². The van der Waals surface area contributed by atoms with Gasteiger partial charge in [-0.05, 0) is 56.4 Å². The van der Waals surface area contributed by atoms with Crippen LogP contribution in [0, 0.1) is 6.92 Å². The van der Waals surface area contributed by atoms with Crippen molar-refractivity contribution in [1.82, 2.24) is 0 Å². The van der Waals surface area contributed by atoms with Gasteiger partial charge >= 0.3 is 0 Å². The summed E-state index contributed by atoms with van der Waals surface area (Å²) >= 11 is 0. The Hall–Kier alpha value is -2.55. The molecule has 0 amide bonds. The highest BCUT2D eigenvalue weighted by Crippen LogP contribution is 2.44. The van der Waals surface area contributed by atoms with Gasteiger partial charge in [-0.25, -0.2) is 0 Å². The highest BCUT2D eigenvalue weighted by atomic mass is 16.3. The van der Waals surface area contributed by atoms with Crippen molar-refractivity contribution in [3.8, 4) is 22.6 Å². The SMILES string of the molecule is C=C(C)c1ccc(C)cc1-c1c(O)cc(CCCCC)c(C(C)=O)c1O.